The Hall–Kier alpha value is -3.71. The van der Waals surface area contributed by atoms with E-state index in [2.05, 4.69) is 23.1 Å². The molecule has 1 saturated heterocycles. The first kappa shape index (κ1) is 25.0. The van der Waals surface area contributed by atoms with Crippen LogP contribution in [0.4, 0.5) is 9.18 Å². The topological polar surface area (TPSA) is 69.9 Å². The number of nitrogens with two attached hydrogens (primary N) is 1. The van der Waals surface area contributed by atoms with E-state index in [0.29, 0.717) is 18.7 Å². The number of aryl methyl sites for hydroxylation is 1. The molecule has 7 heteroatoms. The summed E-state index contributed by atoms with van der Waals surface area (Å²) in [5, 5.41) is 0. The van der Waals surface area contributed by atoms with E-state index in [4.69, 9.17) is 5.73 Å². The third-order valence-corrected chi connectivity index (χ3v) is 7.74. The smallest absolute Gasteiger partial charge is 0.314 e. The highest BCUT2D eigenvalue weighted by Gasteiger charge is 2.26. The molecule has 0 radical (unpaired) electrons. The van der Waals surface area contributed by atoms with Gasteiger partial charge in [-0.2, -0.15) is 0 Å². The van der Waals surface area contributed by atoms with Crippen LogP contribution in [0.5, 0.6) is 0 Å². The third kappa shape index (κ3) is 5.67. The van der Waals surface area contributed by atoms with Crippen molar-refractivity contribution < 1.29 is 14.0 Å². The molecular formula is C30H33FN4O2. The predicted octanol–water partition coefficient (Wildman–Crippen LogP) is 4.32. The van der Waals surface area contributed by atoms with Crippen LogP contribution in [-0.2, 0) is 19.4 Å². The van der Waals surface area contributed by atoms with Crippen molar-refractivity contribution in [1.82, 2.24) is 14.7 Å². The molecule has 0 unspecified atom stereocenters. The van der Waals surface area contributed by atoms with E-state index in [9.17, 15) is 14.0 Å². The Morgan fingerprint density at radius 3 is 2.22 bits per heavy atom. The summed E-state index contributed by atoms with van der Waals surface area (Å²) in [6.45, 7) is 3.89. The zero-order valence-electron chi connectivity index (χ0n) is 21.2. The number of primary amides is 1. The maximum atomic E-state index is 13.2. The second-order valence-corrected chi connectivity index (χ2v) is 10.1. The van der Waals surface area contributed by atoms with Gasteiger partial charge in [-0.05, 0) is 71.3 Å². The molecule has 3 aromatic rings. The Labute approximate surface area is 217 Å². The second kappa shape index (κ2) is 10.7. The molecule has 5 rings (SSSR count). The van der Waals surface area contributed by atoms with E-state index in [-0.39, 0.29) is 23.8 Å². The zero-order valence-corrected chi connectivity index (χ0v) is 21.2. The van der Waals surface area contributed by atoms with Crippen LogP contribution in [0.3, 0.4) is 0 Å². The first-order valence-electron chi connectivity index (χ1n) is 12.9. The fraction of sp³-hybridized carbons (Fsp3) is 0.333. The number of likely N-dealkylation sites (N-methyl/N-ethyl adjacent to an activating group) is 1. The number of carbonyl (C=O) groups is 2. The number of fused-ring (bicyclic) bond motifs is 1. The van der Waals surface area contributed by atoms with Crippen LogP contribution in [0.15, 0.2) is 66.7 Å². The summed E-state index contributed by atoms with van der Waals surface area (Å²) < 4.78 is 13.2. The van der Waals surface area contributed by atoms with Crippen LogP contribution in [0.25, 0.3) is 11.1 Å². The van der Waals surface area contributed by atoms with E-state index in [1.54, 1.807) is 17.0 Å². The van der Waals surface area contributed by atoms with Crippen molar-refractivity contribution in [2.24, 2.45) is 5.73 Å². The first-order chi connectivity index (χ1) is 17.9. The number of piperazine rings is 1. The van der Waals surface area contributed by atoms with Crippen LogP contribution in [-0.4, -0.2) is 65.9 Å². The molecule has 0 aromatic heterocycles. The van der Waals surface area contributed by atoms with Gasteiger partial charge in [-0.3, -0.25) is 9.69 Å². The molecule has 2 aliphatic rings. The Bertz CT molecular complexity index is 1270. The summed E-state index contributed by atoms with van der Waals surface area (Å²) in [6, 6.07) is 20.4. The van der Waals surface area contributed by atoms with Crippen molar-refractivity contribution in [2.45, 2.75) is 31.8 Å². The third-order valence-electron chi connectivity index (χ3n) is 7.74. The van der Waals surface area contributed by atoms with Gasteiger partial charge in [0, 0.05) is 51.4 Å². The van der Waals surface area contributed by atoms with Crippen LogP contribution >= 0.6 is 0 Å². The number of hydrogen-bond acceptors (Lipinski definition) is 3. The van der Waals surface area contributed by atoms with E-state index in [1.165, 1.54) is 28.8 Å². The van der Waals surface area contributed by atoms with Gasteiger partial charge in [0.25, 0.3) is 5.91 Å². The largest absolute Gasteiger partial charge is 0.351 e. The van der Waals surface area contributed by atoms with Gasteiger partial charge in [0.1, 0.15) is 5.82 Å². The second-order valence-electron chi connectivity index (χ2n) is 10.1. The van der Waals surface area contributed by atoms with Crippen molar-refractivity contribution >= 4 is 11.9 Å². The molecule has 0 saturated carbocycles. The molecule has 6 nitrogen and oxygen atoms in total. The van der Waals surface area contributed by atoms with Crippen LogP contribution in [0.1, 0.15) is 33.5 Å². The van der Waals surface area contributed by atoms with E-state index in [0.717, 1.165) is 50.0 Å². The minimum Gasteiger partial charge on any atom is -0.351 e. The fourth-order valence-electron chi connectivity index (χ4n) is 5.42. The summed E-state index contributed by atoms with van der Waals surface area (Å²) in [4.78, 5) is 30.5. The SMILES string of the molecule is CN(C(=O)c1ccc(-c2ccc(F)cc2)cc1)[C@H]1CCc2cc(CN3CCN(C(N)=O)CC3)ccc2C1. The molecule has 3 aromatic carbocycles. The van der Waals surface area contributed by atoms with Gasteiger partial charge in [-0.1, -0.05) is 42.5 Å². The minimum atomic E-state index is -0.339. The standard InChI is InChI=1S/C30H33FN4O2/c1-33(29(36)24-6-4-22(5-7-24)23-8-11-27(31)12-9-23)28-13-10-25-18-21(2-3-26(25)19-28)20-34-14-16-35(17-15-34)30(32)37/h2-9,11-12,18,28H,10,13-17,19-20H2,1H3,(H2,32,37)/t28-/m0/s1. The van der Waals surface area contributed by atoms with E-state index < -0.39 is 0 Å². The van der Waals surface area contributed by atoms with Crippen LogP contribution in [0.2, 0.25) is 0 Å². The monoisotopic (exact) mass is 500 g/mol. The molecule has 1 aliphatic carbocycles. The fourth-order valence-corrected chi connectivity index (χ4v) is 5.42. The summed E-state index contributed by atoms with van der Waals surface area (Å²) in [5.74, 6) is -0.242. The van der Waals surface area contributed by atoms with Gasteiger partial charge in [0.2, 0.25) is 0 Å². The number of nitrogens with zero attached hydrogens (tertiary/aromatic N) is 3. The normalized spacial score (nSPS) is 17.8. The summed E-state index contributed by atoms with van der Waals surface area (Å²) in [5.41, 5.74) is 11.9. The maximum Gasteiger partial charge on any atom is 0.314 e. The molecule has 37 heavy (non-hydrogen) atoms. The van der Waals surface area contributed by atoms with Crippen molar-refractivity contribution in [1.29, 1.82) is 0 Å². The molecule has 1 atom stereocenters. The van der Waals surface area contributed by atoms with Gasteiger partial charge >= 0.3 is 6.03 Å². The van der Waals surface area contributed by atoms with Gasteiger partial charge in [-0.15, -0.1) is 0 Å². The maximum absolute atomic E-state index is 13.2. The van der Waals surface area contributed by atoms with Gasteiger partial charge < -0.3 is 15.5 Å². The number of amides is 3. The number of benzene rings is 3. The Balaban J connectivity index is 1.19. The average Bonchev–Trinajstić information content (AvgIpc) is 2.93. The number of halogens is 1. The highest BCUT2D eigenvalue weighted by atomic mass is 19.1. The number of carbonyl (C=O) groups excluding carboxylic acids is 2. The summed E-state index contributed by atoms with van der Waals surface area (Å²) in [6.07, 6.45) is 2.73. The van der Waals surface area contributed by atoms with Crippen molar-refractivity contribution in [3.63, 3.8) is 0 Å². The molecule has 0 spiro atoms. The number of urea groups is 1. The highest BCUT2D eigenvalue weighted by molar-refractivity contribution is 5.94. The predicted molar refractivity (Wildman–Crippen MR) is 143 cm³/mol. The van der Waals surface area contributed by atoms with Crippen molar-refractivity contribution in [2.75, 3.05) is 33.2 Å². The minimum absolute atomic E-state index is 0.0193. The first-order valence-corrected chi connectivity index (χ1v) is 12.9. The number of rotatable bonds is 5. The van der Waals surface area contributed by atoms with Crippen LogP contribution in [0, 0.1) is 5.82 Å². The lowest BCUT2D eigenvalue weighted by Gasteiger charge is -2.34. The molecule has 192 valence electrons. The van der Waals surface area contributed by atoms with E-state index >= 15 is 0 Å². The lowest BCUT2D eigenvalue weighted by molar-refractivity contribution is 0.0719. The Morgan fingerprint density at radius 1 is 0.919 bits per heavy atom. The lowest BCUT2D eigenvalue weighted by Crippen LogP contribution is -2.50. The van der Waals surface area contributed by atoms with Gasteiger partial charge in [0.15, 0.2) is 0 Å². The Morgan fingerprint density at radius 2 is 1.57 bits per heavy atom. The molecular weight excluding hydrogens is 467 g/mol. The summed E-state index contributed by atoms with van der Waals surface area (Å²) >= 11 is 0. The van der Waals surface area contributed by atoms with Crippen LogP contribution < -0.4 is 5.73 Å². The van der Waals surface area contributed by atoms with Crippen molar-refractivity contribution in [3.8, 4) is 11.1 Å². The molecule has 2 N–H and O–H groups in total. The lowest BCUT2D eigenvalue weighted by atomic mass is 9.86. The van der Waals surface area contributed by atoms with Gasteiger partial charge in [0.05, 0.1) is 0 Å². The molecule has 0 bridgehead atoms. The van der Waals surface area contributed by atoms with Gasteiger partial charge in [-0.25, -0.2) is 9.18 Å². The molecule has 3 amide bonds. The zero-order chi connectivity index (χ0) is 25.9. The quantitative estimate of drug-likeness (QED) is 0.567. The highest BCUT2D eigenvalue weighted by Crippen LogP contribution is 2.27. The van der Waals surface area contributed by atoms with E-state index in [1.807, 2.05) is 36.2 Å². The number of hydrogen-bond donors (Lipinski definition) is 1. The average molecular weight is 501 g/mol. The summed E-state index contributed by atoms with van der Waals surface area (Å²) in [7, 11) is 1.89. The molecule has 1 fully saturated rings. The van der Waals surface area contributed by atoms with Crippen molar-refractivity contribution in [3.05, 3.63) is 94.8 Å². The molecule has 1 heterocycles. The Kier molecular flexibility index (Phi) is 7.24. The molecule has 1 aliphatic heterocycles.